The zero-order valence-corrected chi connectivity index (χ0v) is 12.2. The van der Waals surface area contributed by atoms with Crippen molar-refractivity contribution in [2.75, 3.05) is 18.0 Å². The minimum Gasteiger partial charge on any atom is -0.354 e. The predicted molar refractivity (Wildman–Crippen MR) is 71.3 cm³/mol. The van der Waals surface area contributed by atoms with Crippen LogP contribution in [-0.2, 0) is 0 Å². The van der Waals surface area contributed by atoms with Gasteiger partial charge in [0.2, 0.25) is 5.82 Å². The summed E-state index contributed by atoms with van der Waals surface area (Å²) in [5.41, 5.74) is 0. The minimum absolute atomic E-state index is 0.0241. The first-order valence-corrected chi connectivity index (χ1v) is 7.30. The van der Waals surface area contributed by atoms with E-state index >= 15 is 0 Å². The van der Waals surface area contributed by atoms with Gasteiger partial charge >= 0.3 is 6.18 Å². The maximum absolute atomic E-state index is 13.7. The van der Waals surface area contributed by atoms with Gasteiger partial charge in [-0.2, -0.15) is 22.0 Å². The number of anilines is 1. The van der Waals surface area contributed by atoms with E-state index < -0.39 is 23.9 Å². The average Bonchev–Trinajstić information content (AvgIpc) is 2.47. The molecule has 0 N–H and O–H groups in total. The second-order valence-electron chi connectivity index (χ2n) is 5.60. The third kappa shape index (κ3) is 3.84. The summed E-state index contributed by atoms with van der Waals surface area (Å²) in [6.07, 6.45) is -2.17. The van der Waals surface area contributed by atoms with Crippen LogP contribution in [0.25, 0.3) is 0 Å². The molecule has 8 heteroatoms. The van der Waals surface area contributed by atoms with Crippen molar-refractivity contribution in [2.24, 2.45) is 11.8 Å². The van der Waals surface area contributed by atoms with E-state index in [1.807, 2.05) is 0 Å². The number of alkyl halides is 3. The van der Waals surface area contributed by atoms with Crippen LogP contribution in [0.4, 0.5) is 27.8 Å². The van der Waals surface area contributed by atoms with E-state index in [4.69, 9.17) is 0 Å². The third-order valence-corrected chi connectivity index (χ3v) is 4.20. The van der Waals surface area contributed by atoms with Crippen LogP contribution in [0.15, 0.2) is 6.33 Å². The molecule has 0 spiro atoms. The lowest BCUT2D eigenvalue weighted by Crippen LogP contribution is -2.35. The second-order valence-corrected chi connectivity index (χ2v) is 5.60. The van der Waals surface area contributed by atoms with E-state index in [2.05, 4.69) is 9.97 Å². The van der Waals surface area contributed by atoms with Crippen molar-refractivity contribution in [3.05, 3.63) is 18.1 Å². The van der Waals surface area contributed by atoms with E-state index in [1.54, 1.807) is 11.8 Å². The summed E-state index contributed by atoms with van der Waals surface area (Å²) < 4.78 is 64.8. The largest absolute Gasteiger partial charge is 0.391 e. The Morgan fingerprint density at radius 2 is 1.77 bits per heavy atom. The molecular formula is C14H18F5N3. The van der Waals surface area contributed by atoms with E-state index in [0.29, 0.717) is 25.9 Å². The molecule has 1 fully saturated rings. The van der Waals surface area contributed by atoms with Gasteiger partial charge in [-0.3, -0.25) is 0 Å². The van der Waals surface area contributed by atoms with Crippen LogP contribution in [0.3, 0.4) is 0 Å². The first-order valence-electron chi connectivity index (χ1n) is 7.30. The summed E-state index contributed by atoms with van der Waals surface area (Å²) in [7, 11) is 0. The zero-order chi connectivity index (χ0) is 16.3. The first kappa shape index (κ1) is 16.9. The number of aromatic nitrogens is 2. The molecule has 124 valence electrons. The summed E-state index contributed by atoms with van der Waals surface area (Å²) in [6.45, 7) is 2.53. The molecule has 1 heterocycles. The average molecular weight is 323 g/mol. The van der Waals surface area contributed by atoms with Crippen molar-refractivity contribution in [3.8, 4) is 0 Å². The minimum atomic E-state index is -4.14. The monoisotopic (exact) mass is 323 g/mol. The molecule has 1 aromatic heterocycles. The summed E-state index contributed by atoms with van der Waals surface area (Å²) in [5, 5.41) is 0. The molecular weight excluding hydrogens is 305 g/mol. The normalized spacial score (nSPS) is 22.6. The Labute approximate surface area is 125 Å². The fourth-order valence-electron chi connectivity index (χ4n) is 2.91. The first-order chi connectivity index (χ1) is 10.3. The Bertz CT molecular complexity index is 498. The zero-order valence-electron chi connectivity index (χ0n) is 12.2. The Morgan fingerprint density at radius 1 is 1.14 bits per heavy atom. The van der Waals surface area contributed by atoms with Crippen molar-refractivity contribution in [2.45, 2.75) is 38.8 Å². The van der Waals surface area contributed by atoms with Gasteiger partial charge < -0.3 is 4.90 Å². The number of rotatable bonds is 4. The van der Waals surface area contributed by atoms with Gasteiger partial charge in [-0.05, 0) is 38.5 Å². The van der Waals surface area contributed by atoms with Gasteiger partial charge in [0.1, 0.15) is 6.33 Å². The van der Waals surface area contributed by atoms with Crippen LogP contribution in [-0.4, -0.2) is 29.2 Å². The molecule has 1 saturated carbocycles. The molecule has 0 amide bonds. The molecule has 2 rings (SSSR count). The fourth-order valence-corrected chi connectivity index (χ4v) is 2.91. The number of hydrogen-bond acceptors (Lipinski definition) is 3. The number of hydrogen-bond donors (Lipinski definition) is 0. The highest BCUT2D eigenvalue weighted by Crippen LogP contribution is 2.39. The van der Waals surface area contributed by atoms with Crippen LogP contribution >= 0.6 is 0 Å². The van der Waals surface area contributed by atoms with Crippen molar-refractivity contribution >= 4 is 5.82 Å². The molecule has 0 radical (unpaired) electrons. The number of nitrogens with zero attached hydrogens (tertiary/aromatic N) is 3. The number of halogens is 5. The lowest BCUT2D eigenvalue weighted by molar-refractivity contribution is -0.183. The Morgan fingerprint density at radius 3 is 2.32 bits per heavy atom. The molecule has 1 aliphatic rings. The van der Waals surface area contributed by atoms with Crippen LogP contribution < -0.4 is 4.90 Å². The van der Waals surface area contributed by atoms with Gasteiger partial charge in [-0.15, -0.1) is 0 Å². The SMILES string of the molecule is CCN(CC1CCC(C(F)(F)F)CC1)c1ncnc(F)c1F. The van der Waals surface area contributed by atoms with Gasteiger partial charge in [0.05, 0.1) is 5.92 Å². The van der Waals surface area contributed by atoms with Gasteiger partial charge in [0.25, 0.3) is 5.95 Å². The van der Waals surface area contributed by atoms with E-state index in [1.165, 1.54) is 0 Å². The molecule has 0 saturated heterocycles. The Balaban J connectivity index is 1.99. The van der Waals surface area contributed by atoms with Gasteiger partial charge in [0.15, 0.2) is 5.82 Å². The maximum atomic E-state index is 13.7. The third-order valence-electron chi connectivity index (χ3n) is 4.20. The van der Waals surface area contributed by atoms with Crippen molar-refractivity contribution in [1.82, 2.24) is 9.97 Å². The molecule has 0 unspecified atom stereocenters. The summed E-state index contributed by atoms with van der Waals surface area (Å²) >= 11 is 0. The lowest BCUT2D eigenvalue weighted by atomic mass is 9.81. The topological polar surface area (TPSA) is 29.0 Å². The van der Waals surface area contributed by atoms with Crippen LogP contribution in [0, 0.1) is 23.6 Å². The van der Waals surface area contributed by atoms with Gasteiger partial charge in [-0.1, -0.05) is 0 Å². The van der Waals surface area contributed by atoms with Crippen LogP contribution in [0.1, 0.15) is 32.6 Å². The van der Waals surface area contributed by atoms with Crippen LogP contribution in [0.2, 0.25) is 0 Å². The fraction of sp³-hybridized carbons (Fsp3) is 0.714. The Kier molecular flexibility index (Phi) is 5.18. The standard InChI is InChI=1S/C14H18F5N3/c1-2-22(13-11(15)12(16)20-8-21-13)7-9-3-5-10(6-4-9)14(17,18)19/h8-10H,2-7H2,1H3. The second kappa shape index (κ2) is 6.75. The summed E-state index contributed by atoms with van der Waals surface area (Å²) in [5.74, 6) is -3.69. The quantitative estimate of drug-likeness (QED) is 0.620. The lowest BCUT2D eigenvalue weighted by Gasteiger charge is -2.33. The summed E-state index contributed by atoms with van der Waals surface area (Å²) in [6, 6.07) is 0. The van der Waals surface area contributed by atoms with E-state index in [0.717, 1.165) is 6.33 Å². The smallest absolute Gasteiger partial charge is 0.354 e. The summed E-state index contributed by atoms with van der Waals surface area (Å²) in [4.78, 5) is 8.44. The van der Waals surface area contributed by atoms with Crippen molar-refractivity contribution < 1.29 is 22.0 Å². The van der Waals surface area contributed by atoms with Gasteiger partial charge in [-0.25, -0.2) is 9.97 Å². The highest BCUT2D eigenvalue weighted by atomic mass is 19.4. The predicted octanol–water partition coefficient (Wildman–Crippen LogP) is 3.95. The highest BCUT2D eigenvalue weighted by Gasteiger charge is 2.41. The van der Waals surface area contributed by atoms with E-state index in [-0.39, 0.29) is 24.6 Å². The highest BCUT2D eigenvalue weighted by molar-refractivity contribution is 5.38. The molecule has 0 atom stereocenters. The molecule has 1 aliphatic carbocycles. The molecule has 0 aromatic carbocycles. The maximum Gasteiger partial charge on any atom is 0.391 e. The molecule has 0 aliphatic heterocycles. The van der Waals surface area contributed by atoms with Crippen molar-refractivity contribution in [3.63, 3.8) is 0 Å². The van der Waals surface area contributed by atoms with Gasteiger partial charge in [0, 0.05) is 13.1 Å². The molecule has 0 bridgehead atoms. The molecule has 22 heavy (non-hydrogen) atoms. The molecule has 1 aromatic rings. The van der Waals surface area contributed by atoms with Crippen molar-refractivity contribution in [1.29, 1.82) is 0 Å². The van der Waals surface area contributed by atoms with Crippen LogP contribution in [0.5, 0.6) is 0 Å². The Hall–Kier alpha value is -1.47. The molecule has 3 nitrogen and oxygen atoms in total. The van der Waals surface area contributed by atoms with E-state index in [9.17, 15) is 22.0 Å².